The van der Waals surface area contributed by atoms with Gasteiger partial charge in [-0.2, -0.15) is 0 Å². The fourth-order valence-corrected chi connectivity index (χ4v) is 3.30. The molecule has 146 valence electrons. The van der Waals surface area contributed by atoms with E-state index in [4.69, 9.17) is 0 Å². The second-order valence-corrected chi connectivity index (χ2v) is 7.21. The number of hydrogen-bond donors (Lipinski definition) is 1. The van der Waals surface area contributed by atoms with Crippen molar-refractivity contribution in [3.05, 3.63) is 24.4 Å². The molecule has 0 saturated carbocycles. The minimum absolute atomic E-state index is 0.987. The SMILES string of the molecule is CN=C(NCCCCCCCN(C)C)N1CCN(c2ccccn2)CC1. The Morgan fingerprint density at radius 2 is 1.81 bits per heavy atom. The molecule has 0 amide bonds. The summed E-state index contributed by atoms with van der Waals surface area (Å²) < 4.78 is 0. The van der Waals surface area contributed by atoms with Crippen molar-refractivity contribution in [3.8, 4) is 0 Å². The normalized spacial score (nSPS) is 15.6. The summed E-state index contributed by atoms with van der Waals surface area (Å²) in [7, 11) is 6.17. The average molecular weight is 361 g/mol. The summed E-state index contributed by atoms with van der Waals surface area (Å²) in [5, 5.41) is 3.54. The Labute approximate surface area is 159 Å². The van der Waals surface area contributed by atoms with Crippen LogP contribution in [0, 0.1) is 0 Å². The zero-order valence-corrected chi connectivity index (χ0v) is 16.8. The second-order valence-electron chi connectivity index (χ2n) is 7.21. The van der Waals surface area contributed by atoms with Gasteiger partial charge in [-0.3, -0.25) is 4.99 Å². The van der Waals surface area contributed by atoms with Crippen molar-refractivity contribution >= 4 is 11.8 Å². The predicted molar refractivity (Wildman–Crippen MR) is 111 cm³/mol. The molecule has 0 atom stereocenters. The van der Waals surface area contributed by atoms with E-state index in [9.17, 15) is 0 Å². The molecule has 0 spiro atoms. The van der Waals surface area contributed by atoms with Gasteiger partial charge < -0.3 is 20.0 Å². The van der Waals surface area contributed by atoms with E-state index in [0.29, 0.717) is 0 Å². The Hall–Kier alpha value is -1.82. The van der Waals surface area contributed by atoms with Crippen LogP contribution in [0.25, 0.3) is 0 Å². The number of anilines is 1. The fourth-order valence-electron chi connectivity index (χ4n) is 3.30. The Kier molecular flexibility index (Phi) is 9.24. The van der Waals surface area contributed by atoms with Crippen molar-refractivity contribution in [1.29, 1.82) is 0 Å². The van der Waals surface area contributed by atoms with Gasteiger partial charge in [0.1, 0.15) is 5.82 Å². The number of piperazine rings is 1. The van der Waals surface area contributed by atoms with Gasteiger partial charge in [-0.1, -0.05) is 25.3 Å². The smallest absolute Gasteiger partial charge is 0.193 e. The van der Waals surface area contributed by atoms with E-state index in [0.717, 1.165) is 44.5 Å². The quantitative estimate of drug-likeness (QED) is 0.416. The highest BCUT2D eigenvalue weighted by molar-refractivity contribution is 5.80. The first-order chi connectivity index (χ1) is 12.7. The number of guanidine groups is 1. The van der Waals surface area contributed by atoms with Crippen molar-refractivity contribution in [2.24, 2.45) is 4.99 Å². The number of aliphatic imine (C=N–C) groups is 1. The lowest BCUT2D eigenvalue weighted by Gasteiger charge is -2.37. The first-order valence-corrected chi connectivity index (χ1v) is 9.97. The van der Waals surface area contributed by atoms with Crippen molar-refractivity contribution in [2.75, 3.05) is 65.3 Å². The molecule has 6 nitrogen and oxygen atoms in total. The first kappa shape index (κ1) is 20.5. The molecule has 0 unspecified atom stereocenters. The van der Waals surface area contributed by atoms with Crippen LogP contribution in [0.4, 0.5) is 5.82 Å². The predicted octanol–water partition coefficient (Wildman–Crippen LogP) is 2.29. The summed E-state index contributed by atoms with van der Waals surface area (Å²) in [6, 6.07) is 6.10. The molecular formula is C20H36N6. The highest BCUT2D eigenvalue weighted by Gasteiger charge is 2.19. The third kappa shape index (κ3) is 7.20. The molecule has 1 aromatic heterocycles. The van der Waals surface area contributed by atoms with Crippen LogP contribution in [0.1, 0.15) is 32.1 Å². The van der Waals surface area contributed by atoms with E-state index in [1.54, 1.807) is 0 Å². The van der Waals surface area contributed by atoms with Crippen LogP contribution in [0.15, 0.2) is 29.4 Å². The molecule has 1 aliphatic heterocycles. The maximum Gasteiger partial charge on any atom is 0.193 e. The largest absolute Gasteiger partial charge is 0.356 e. The van der Waals surface area contributed by atoms with Gasteiger partial charge in [0.15, 0.2) is 5.96 Å². The number of nitrogens with one attached hydrogen (secondary N) is 1. The third-order valence-electron chi connectivity index (χ3n) is 4.83. The van der Waals surface area contributed by atoms with E-state index in [2.05, 4.69) is 56.2 Å². The number of rotatable bonds is 9. The third-order valence-corrected chi connectivity index (χ3v) is 4.83. The fraction of sp³-hybridized carbons (Fsp3) is 0.700. The highest BCUT2D eigenvalue weighted by Crippen LogP contribution is 2.12. The Balaban J connectivity index is 1.59. The van der Waals surface area contributed by atoms with Crippen LogP contribution in [0.2, 0.25) is 0 Å². The zero-order chi connectivity index (χ0) is 18.6. The van der Waals surface area contributed by atoms with Gasteiger partial charge >= 0.3 is 0 Å². The van der Waals surface area contributed by atoms with Gasteiger partial charge in [-0.15, -0.1) is 0 Å². The van der Waals surface area contributed by atoms with Crippen LogP contribution in [0.5, 0.6) is 0 Å². The van der Waals surface area contributed by atoms with E-state index in [1.807, 2.05) is 19.3 Å². The van der Waals surface area contributed by atoms with Gasteiger partial charge in [-0.05, 0) is 45.6 Å². The summed E-state index contributed by atoms with van der Waals surface area (Å²) in [4.78, 5) is 15.9. The molecule has 0 aliphatic carbocycles. The Bertz CT molecular complexity index is 508. The minimum atomic E-state index is 0.987. The maximum atomic E-state index is 4.47. The van der Waals surface area contributed by atoms with E-state index >= 15 is 0 Å². The topological polar surface area (TPSA) is 47.0 Å². The van der Waals surface area contributed by atoms with E-state index in [-0.39, 0.29) is 0 Å². The molecule has 0 bridgehead atoms. The number of unbranched alkanes of at least 4 members (excludes halogenated alkanes) is 4. The number of pyridine rings is 1. The van der Waals surface area contributed by atoms with Gasteiger partial charge in [0.05, 0.1) is 0 Å². The molecule has 0 aromatic carbocycles. The summed E-state index contributed by atoms with van der Waals surface area (Å²) >= 11 is 0. The lowest BCUT2D eigenvalue weighted by atomic mass is 10.1. The van der Waals surface area contributed by atoms with Gasteiger partial charge in [-0.25, -0.2) is 4.98 Å². The molecule has 2 heterocycles. The molecule has 26 heavy (non-hydrogen) atoms. The molecule has 1 saturated heterocycles. The monoisotopic (exact) mass is 360 g/mol. The maximum absolute atomic E-state index is 4.47. The average Bonchev–Trinajstić information content (AvgIpc) is 2.67. The molecule has 1 aromatic rings. The molecule has 6 heteroatoms. The lowest BCUT2D eigenvalue weighted by Crippen LogP contribution is -2.52. The first-order valence-electron chi connectivity index (χ1n) is 9.97. The van der Waals surface area contributed by atoms with Crippen LogP contribution >= 0.6 is 0 Å². The van der Waals surface area contributed by atoms with Gasteiger partial charge in [0.2, 0.25) is 0 Å². The number of hydrogen-bond acceptors (Lipinski definition) is 4. The lowest BCUT2D eigenvalue weighted by molar-refractivity contribution is 0.370. The summed E-state index contributed by atoms with van der Waals surface area (Å²) in [6.07, 6.45) is 8.35. The minimum Gasteiger partial charge on any atom is -0.356 e. The van der Waals surface area contributed by atoms with Gasteiger partial charge in [0.25, 0.3) is 0 Å². The van der Waals surface area contributed by atoms with Crippen molar-refractivity contribution in [1.82, 2.24) is 20.1 Å². The summed E-state index contributed by atoms with van der Waals surface area (Å²) in [5.74, 6) is 2.11. The van der Waals surface area contributed by atoms with Crippen LogP contribution < -0.4 is 10.2 Å². The van der Waals surface area contributed by atoms with E-state index < -0.39 is 0 Å². The molecule has 0 radical (unpaired) electrons. The number of nitrogens with zero attached hydrogens (tertiary/aromatic N) is 5. The molecule has 2 rings (SSSR count). The Morgan fingerprint density at radius 1 is 1.08 bits per heavy atom. The second kappa shape index (κ2) is 11.7. The molecular weight excluding hydrogens is 324 g/mol. The molecule has 1 fully saturated rings. The van der Waals surface area contributed by atoms with Crippen molar-refractivity contribution in [2.45, 2.75) is 32.1 Å². The van der Waals surface area contributed by atoms with Crippen molar-refractivity contribution in [3.63, 3.8) is 0 Å². The highest BCUT2D eigenvalue weighted by atomic mass is 15.4. The van der Waals surface area contributed by atoms with Gasteiger partial charge in [0, 0.05) is 46.0 Å². The Morgan fingerprint density at radius 3 is 2.46 bits per heavy atom. The van der Waals surface area contributed by atoms with Crippen LogP contribution in [-0.4, -0.2) is 81.2 Å². The molecule has 1 aliphatic rings. The van der Waals surface area contributed by atoms with Crippen LogP contribution in [0.3, 0.4) is 0 Å². The zero-order valence-electron chi connectivity index (χ0n) is 16.8. The summed E-state index contributed by atoms with van der Waals surface area (Å²) in [6.45, 7) is 6.17. The van der Waals surface area contributed by atoms with Crippen LogP contribution in [-0.2, 0) is 0 Å². The molecule has 1 N–H and O–H groups in total. The standard InChI is InChI=1S/C20H36N6/c1-21-20(23-13-8-5-4-6-10-14-24(2)3)26-17-15-25(16-18-26)19-11-7-9-12-22-19/h7,9,11-12H,4-6,8,10,13-18H2,1-3H3,(H,21,23). The number of aromatic nitrogens is 1. The summed E-state index contributed by atoms with van der Waals surface area (Å²) in [5.41, 5.74) is 0. The van der Waals surface area contributed by atoms with Crippen molar-refractivity contribution < 1.29 is 0 Å². The van der Waals surface area contributed by atoms with E-state index in [1.165, 1.54) is 38.6 Å².